The Morgan fingerprint density at radius 3 is 2.00 bits per heavy atom. The molecular weight excluding hydrogens is 176 g/mol. The highest BCUT2D eigenvalue weighted by molar-refractivity contribution is 5.48. The van der Waals surface area contributed by atoms with Crippen molar-refractivity contribution < 1.29 is 4.79 Å². The third-order valence-corrected chi connectivity index (χ3v) is 3.07. The van der Waals surface area contributed by atoms with Gasteiger partial charge < -0.3 is 9.80 Å². The molecule has 3 nitrogen and oxygen atoms in total. The molecule has 14 heavy (non-hydrogen) atoms. The van der Waals surface area contributed by atoms with E-state index in [1.54, 1.807) is 0 Å². The molecule has 3 heteroatoms. The number of carbonyl (C=O) groups is 1. The highest BCUT2D eigenvalue weighted by Gasteiger charge is 2.28. The molecule has 84 valence electrons. The smallest absolute Gasteiger partial charge is 0.210 e. The molecule has 0 fully saturated rings. The van der Waals surface area contributed by atoms with E-state index in [1.165, 1.54) is 0 Å². The molecule has 0 aromatic carbocycles. The zero-order chi connectivity index (χ0) is 11.4. The largest absolute Gasteiger partial charge is 0.339 e. The Bertz CT molecular complexity index is 176. The van der Waals surface area contributed by atoms with Crippen LogP contribution in [0.3, 0.4) is 0 Å². The molecule has 0 atom stereocenters. The van der Waals surface area contributed by atoms with E-state index >= 15 is 0 Å². The lowest BCUT2D eigenvalue weighted by molar-refractivity contribution is -0.124. The topological polar surface area (TPSA) is 23.6 Å². The summed E-state index contributed by atoms with van der Waals surface area (Å²) in [6.07, 6.45) is 0.962. The molecule has 1 amide bonds. The Kier molecular flexibility index (Phi) is 5.13. The molecule has 0 aliphatic rings. The summed E-state index contributed by atoms with van der Waals surface area (Å²) in [4.78, 5) is 15.0. The van der Waals surface area contributed by atoms with Crippen molar-refractivity contribution in [3.63, 3.8) is 0 Å². The maximum absolute atomic E-state index is 11.0. The Morgan fingerprint density at radius 2 is 1.71 bits per heavy atom. The molecule has 0 saturated carbocycles. The van der Waals surface area contributed by atoms with E-state index in [2.05, 4.69) is 32.6 Å². The maximum atomic E-state index is 11.0. The molecule has 0 aromatic rings. The summed E-state index contributed by atoms with van der Waals surface area (Å²) in [5, 5.41) is 0. The van der Waals surface area contributed by atoms with Gasteiger partial charge in [0.05, 0.1) is 0 Å². The molecule has 0 saturated heterocycles. The fourth-order valence-electron chi connectivity index (χ4n) is 1.12. The van der Waals surface area contributed by atoms with Gasteiger partial charge in [-0.2, -0.15) is 0 Å². The summed E-state index contributed by atoms with van der Waals surface area (Å²) >= 11 is 0. The van der Waals surface area contributed by atoms with Crippen LogP contribution in [-0.2, 0) is 4.79 Å². The Morgan fingerprint density at radius 1 is 1.21 bits per heavy atom. The maximum Gasteiger partial charge on any atom is 0.210 e. The van der Waals surface area contributed by atoms with Crippen LogP contribution in [0.15, 0.2) is 0 Å². The summed E-state index contributed by atoms with van der Waals surface area (Å²) in [5.41, 5.74) is -0.0578. The van der Waals surface area contributed by atoms with Crippen molar-refractivity contribution in [3.8, 4) is 0 Å². The number of amides is 1. The van der Waals surface area contributed by atoms with Gasteiger partial charge in [0.1, 0.15) is 0 Å². The number of carbonyl (C=O) groups excluding carboxylic acids is 1. The van der Waals surface area contributed by atoms with Crippen molar-refractivity contribution in [2.75, 3.05) is 27.2 Å². The zero-order valence-electron chi connectivity index (χ0n) is 10.4. The minimum atomic E-state index is -0.0578. The normalized spacial score (nSPS) is 12.3. The van der Waals surface area contributed by atoms with Gasteiger partial charge in [0.2, 0.25) is 6.41 Å². The lowest BCUT2D eigenvalue weighted by atomic mass is 9.89. The third-order valence-electron chi connectivity index (χ3n) is 3.07. The van der Waals surface area contributed by atoms with Crippen molar-refractivity contribution in [1.82, 2.24) is 9.80 Å². The van der Waals surface area contributed by atoms with Crippen LogP contribution in [0.5, 0.6) is 0 Å². The van der Waals surface area contributed by atoms with Crippen molar-refractivity contribution in [2.45, 2.75) is 33.2 Å². The predicted molar refractivity (Wildman–Crippen MR) is 60.2 cm³/mol. The summed E-state index contributed by atoms with van der Waals surface area (Å²) in [6.45, 7) is 10.2. The van der Waals surface area contributed by atoms with Crippen LogP contribution in [0.1, 0.15) is 27.7 Å². The van der Waals surface area contributed by atoms with Crippen molar-refractivity contribution in [1.29, 1.82) is 0 Å². The second kappa shape index (κ2) is 5.35. The van der Waals surface area contributed by atoms with Gasteiger partial charge in [-0.1, -0.05) is 13.8 Å². The molecular formula is C11H24N2O. The molecule has 0 heterocycles. The quantitative estimate of drug-likeness (QED) is 0.606. The number of hydrogen-bond acceptors (Lipinski definition) is 2. The van der Waals surface area contributed by atoms with Crippen LogP contribution >= 0.6 is 0 Å². The predicted octanol–water partition coefficient (Wildman–Crippen LogP) is 1.44. The monoisotopic (exact) mass is 200 g/mol. The average molecular weight is 200 g/mol. The van der Waals surface area contributed by atoms with E-state index in [9.17, 15) is 4.79 Å². The Hall–Kier alpha value is -0.570. The lowest BCUT2D eigenvalue weighted by Crippen LogP contribution is -2.49. The standard InChI is InChI=1S/C11H24N2O/c1-10(2)11(3,4)13(9-14)8-7-12(5)6/h9-10H,7-8H2,1-6H3. The van der Waals surface area contributed by atoms with Gasteiger partial charge >= 0.3 is 0 Å². The van der Waals surface area contributed by atoms with Crippen LogP contribution in [0, 0.1) is 5.92 Å². The third kappa shape index (κ3) is 3.66. The average Bonchev–Trinajstić information content (AvgIpc) is 2.04. The van der Waals surface area contributed by atoms with Crippen LogP contribution in [0.25, 0.3) is 0 Å². The summed E-state index contributed by atoms with van der Waals surface area (Å²) in [5.74, 6) is 0.467. The van der Waals surface area contributed by atoms with E-state index in [1.807, 2.05) is 19.0 Å². The Balaban J connectivity index is 4.32. The van der Waals surface area contributed by atoms with Gasteiger partial charge in [0.15, 0.2) is 0 Å². The molecule has 0 unspecified atom stereocenters. The van der Waals surface area contributed by atoms with Crippen LogP contribution in [0.2, 0.25) is 0 Å². The van der Waals surface area contributed by atoms with Gasteiger partial charge in [0, 0.05) is 18.6 Å². The lowest BCUT2D eigenvalue weighted by Gasteiger charge is -2.39. The summed E-state index contributed by atoms with van der Waals surface area (Å²) in [7, 11) is 4.04. The first-order valence-corrected chi connectivity index (χ1v) is 5.19. The number of likely N-dealkylation sites (N-methyl/N-ethyl adjacent to an activating group) is 1. The minimum absolute atomic E-state index is 0.0578. The van der Waals surface area contributed by atoms with Crippen LogP contribution < -0.4 is 0 Å². The molecule has 0 aromatic heterocycles. The minimum Gasteiger partial charge on any atom is -0.339 e. The second-order valence-corrected chi connectivity index (χ2v) is 4.91. The van der Waals surface area contributed by atoms with Crippen LogP contribution in [-0.4, -0.2) is 48.9 Å². The molecule has 0 radical (unpaired) electrons. The SMILES string of the molecule is CC(C)C(C)(C)N(C=O)CCN(C)C. The van der Waals surface area contributed by atoms with Gasteiger partial charge in [-0.05, 0) is 33.9 Å². The van der Waals surface area contributed by atoms with E-state index in [0.29, 0.717) is 5.92 Å². The summed E-state index contributed by atoms with van der Waals surface area (Å²) in [6, 6.07) is 0. The fraction of sp³-hybridized carbons (Fsp3) is 0.909. The van der Waals surface area contributed by atoms with Crippen molar-refractivity contribution in [3.05, 3.63) is 0 Å². The molecule has 0 rings (SSSR count). The first-order chi connectivity index (χ1) is 6.32. The molecule has 0 spiro atoms. The fourth-order valence-corrected chi connectivity index (χ4v) is 1.12. The first-order valence-electron chi connectivity index (χ1n) is 5.19. The first kappa shape index (κ1) is 13.4. The highest BCUT2D eigenvalue weighted by atomic mass is 16.1. The highest BCUT2D eigenvalue weighted by Crippen LogP contribution is 2.22. The van der Waals surface area contributed by atoms with E-state index < -0.39 is 0 Å². The molecule has 0 aliphatic carbocycles. The van der Waals surface area contributed by atoms with Gasteiger partial charge in [-0.3, -0.25) is 4.79 Å². The Labute approximate surface area is 88.1 Å². The molecule has 0 bridgehead atoms. The van der Waals surface area contributed by atoms with Crippen LogP contribution in [0.4, 0.5) is 0 Å². The van der Waals surface area contributed by atoms with Crippen molar-refractivity contribution >= 4 is 6.41 Å². The summed E-state index contributed by atoms with van der Waals surface area (Å²) < 4.78 is 0. The van der Waals surface area contributed by atoms with Crippen molar-refractivity contribution in [2.24, 2.45) is 5.92 Å². The second-order valence-electron chi connectivity index (χ2n) is 4.91. The van der Waals surface area contributed by atoms with Gasteiger partial charge in [0.25, 0.3) is 0 Å². The number of nitrogens with zero attached hydrogens (tertiary/aromatic N) is 2. The van der Waals surface area contributed by atoms with Gasteiger partial charge in [-0.25, -0.2) is 0 Å². The zero-order valence-corrected chi connectivity index (χ0v) is 10.4. The van der Waals surface area contributed by atoms with E-state index in [-0.39, 0.29) is 5.54 Å². The number of hydrogen-bond donors (Lipinski definition) is 0. The van der Waals surface area contributed by atoms with Gasteiger partial charge in [-0.15, -0.1) is 0 Å². The van der Waals surface area contributed by atoms with E-state index in [4.69, 9.17) is 0 Å². The van der Waals surface area contributed by atoms with E-state index in [0.717, 1.165) is 19.5 Å². The number of rotatable bonds is 6. The molecule has 0 aliphatic heterocycles. The molecule has 0 N–H and O–H groups in total.